The van der Waals surface area contributed by atoms with Crippen LogP contribution in [0.3, 0.4) is 0 Å². The summed E-state index contributed by atoms with van der Waals surface area (Å²) in [7, 11) is 0. The zero-order chi connectivity index (χ0) is 26.3. The third kappa shape index (κ3) is 4.97. The fourth-order valence-electron chi connectivity index (χ4n) is 5.74. The van der Waals surface area contributed by atoms with Crippen molar-refractivity contribution in [3.05, 3.63) is 64.9 Å². The second-order valence-electron chi connectivity index (χ2n) is 10.6. The molecule has 0 spiro atoms. The Morgan fingerprint density at radius 3 is 2.59 bits per heavy atom. The highest BCUT2D eigenvalue weighted by Crippen LogP contribution is 2.43. The Morgan fingerprint density at radius 2 is 1.92 bits per heavy atom. The van der Waals surface area contributed by atoms with Gasteiger partial charge in [0.1, 0.15) is 23.5 Å². The number of carboxylic acids is 1. The number of para-hydroxylation sites is 1. The van der Waals surface area contributed by atoms with E-state index >= 15 is 8.78 Å². The summed E-state index contributed by atoms with van der Waals surface area (Å²) in [4.78, 5) is 19.3. The number of carboxylic acid groups (broad SMARTS) is 1. The molecule has 1 unspecified atom stereocenters. The molecule has 3 aromatic rings. The monoisotopic (exact) mass is 511 g/mol. The number of rotatable bonds is 9. The van der Waals surface area contributed by atoms with Crippen molar-refractivity contribution in [1.82, 2.24) is 14.8 Å². The molecule has 1 saturated heterocycles. The molecule has 0 radical (unpaired) electrons. The molecule has 5 rings (SSSR count). The summed E-state index contributed by atoms with van der Waals surface area (Å²) in [6.07, 6.45) is 2.82. The topological polar surface area (TPSA) is 68.8 Å². The molecule has 2 N–H and O–H groups in total. The van der Waals surface area contributed by atoms with E-state index in [0.29, 0.717) is 12.1 Å². The Balaban J connectivity index is 1.49. The molecule has 37 heavy (non-hydrogen) atoms. The van der Waals surface area contributed by atoms with E-state index in [1.165, 1.54) is 12.1 Å². The molecule has 2 aliphatic rings. The van der Waals surface area contributed by atoms with Crippen molar-refractivity contribution in [3.8, 4) is 5.75 Å². The van der Waals surface area contributed by atoms with Crippen LogP contribution in [0, 0.1) is 17.6 Å². The lowest BCUT2D eigenvalue weighted by Crippen LogP contribution is -2.53. The molecule has 198 valence electrons. The van der Waals surface area contributed by atoms with E-state index in [1.807, 2.05) is 36.1 Å². The van der Waals surface area contributed by atoms with Gasteiger partial charge in [0.05, 0.1) is 12.0 Å². The lowest BCUT2D eigenvalue weighted by atomic mass is 9.87. The summed E-state index contributed by atoms with van der Waals surface area (Å²) in [6, 6.07) is 9.48. The summed E-state index contributed by atoms with van der Waals surface area (Å²) in [5.41, 5.74) is 2.56. The van der Waals surface area contributed by atoms with Crippen LogP contribution in [-0.4, -0.2) is 64.2 Å². The van der Waals surface area contributed by atoms with Gasteiger partial charge >= 0.3 is 5.97 Å². The number of aromatic amines is 1. The van der Waals surface area contributed by atoms with Crippen LogP contribution in [0.25, 0.3) is 10.9 Å². The van der Waals surface area contributed by atoms with Gasteiger partial charge in [-0.1, -0.05) is 38.5 Å². The van der Waals surface area contributed by atoms with Crippen molar-refractivity contribution in [2.24, 2.45) is 5.92 Å². The first kappa shape index (κ1) is 25.7. The Kier molecular flexibility index (Phi) is 7.23. The predicted octanol–water partition coefficient (Wildman–Crippen LogP) is 5.37. The molecule has 6 nitrogen and oxygen atoms in total. The Bertz CT molecular complexity index is 1260. The lowest BCUT2D eigenvalue weighted by molar-refractivity contribution is -0.142. The first-order valence-corrected chi connectivity index (χ1v) is 13.2. The fraction of sp³-hybridized carbons (Fsp3) is 0.483. The lowest BCUT2D eigenvalue weighted by Gasteiger charge is -2.42. The summed E-state index contributed by atoms with van der Waals surface area (Å²) < 4.78 is 37.4. The molecule has 0 bridgehead atoms. The van der Waals surface area contributed by atoms with Crippen LogP contribution >= 0.6 is 0 Å². The highest BCUT2D eigenvalue weighted by Gasteiger charge is 2.40. The SMILES string of the molecule is CCCCN1CC(Oc2cc(F)c([C@@H]3c4[nH]c5ccccc5c4C[C@@H](C)N3CC(C)C(=O)O)c(F)c2)C1. The molecule has 1 aromatic heterocycles. The molecular weight excluding hydrogens is 476 g/mol. The average Bonchev–Trinajstić information content (AvgIpc) is 3.19. The largest absolute Gasteiger partial charge is 0.488 e. The van der Waals surface area contributed by atoms with E-state index in [-0.39, 0.29) is 30.0 Å². The third-order valence-corrected chi connectivity index (χ3v) is 7.80. The summed E-state index contributed by atoms with van der Waals surface area (Å²) in [5.74, 6) is -2.82. The molecule has 3 atom stereocenters. The maximum atomic E-state index is 15.8. The number of aliphatic carboxylic acids is 1. The van der Waals surface area contributed by atoms with Crippen molar-refractivity contribution in [2.75, 3.05) is 26.2 Å². The summed E-state index contributed by atoms with van der Waals surface area (Å²) in [5, 5.41) is 10.6. The molecule has 2 aromatic carbocycles. The van der Waals surface area contributed by atoms with E-state index in [4.69, 9.17) is 4.74 Å². The molecule has 0 amide bonds. The third-order valence-electron chi connectivity index (χ3n) is 7.80. The maximum Gasteiger partial charge on any atom is 0.307 e. The van der Waals surface area contributed by atoms with Gasteiger partial charge in [-0.2, -0.15) is 0 Å². The van der Waals surface area contributed by atoms with E-state index in [2.05, 4.69) is 16.8 Å². The van der Waals surface area contributed by atoms with E-state index in [0.717, 1.165) is 48.9 Å². The quantitative estimate of drug-likeness (QED) is 0.405. The van der Waals surface area contributed by atoms with Gasteiger partial charge in [0.15, 0.2) is 0 Å². The zero-order valence-corrected chi connectivity index (χ0v) is 21.6. The first-order chi connectivity index (χ1) is 17.8. The standard InChI is InChI=1S/C29H35F2N3O3/c1-4-5-10-33-15-20(16-33)37-19-12-23(30)26(24(31)13-19)28-27-22(21-8-6-7-9-25(21)32-27)11-18(3)34(28)14-17(2)29(35)36/h6-9,12-13,17-18,20,28,32H,4-5,10-11,14-16H2,1-3H3,(H,35,36)/t17?,18-,28-/m1/s1. The predicted molar refractivity (Wildman–Crippen MR) is 139 cm³/mol. The summed E-state index contributed by atoms with van der Waals surface area (Å²) in [6.45, 7) is 8.45. The number of aromatic nitrogens is 1. The molecule has 1 fully saturated rings. The van der Waals surface area contributed by atoms with Gasteiger partial charge < -0.3 is 14.8 Å². The number of ether oxygens (including phenoxy) is 1. The Labute approximate surface area is 216 Å². The minimum atomic E-state index is -0.938. The van der Waals surface area contributed by atoms with Crippen molar-refractivity contribution in [1.29, 1.82) is 0 Å². The number of carbonyl (C=O) groups is 1. The van der Waals surface area contributed by atoms with Gasteiger partial charge in [0, 0.05) is 60.0 Å². The second-order valence-corrected chi connectivity index (χ2v) is 10.6. The van der Waals surface area contributed by atoms with Crippen LogP contribution in [0.4, 0.5) is 8.78 Å². The Hall–Kier alpha value is -2.97. The van der Waals surface area contributed by atoms with Gasteiger partial charge in [-0.25, -0.2) is 8.78 Å². The van der Waals surface area contributed by atoms with Crippen molar-refractivity contribution < 1.29 is 23.4 Å². The fourth-order valence-corrected chi connectivity index (χ4v) is 5.74. The van der Waals surface area contributed by atoms with Gasteiger partial charge in [-0.15, -0.1) is 0 Å². The zero-order valence-electron chi connectivity index (χ0n) is 21.6. The smallest absolute Gasteiger partial charge is 0.307 e. The van der Waals surface area contributed by atoms with Crippen molar-refractivity contribution >= 4 is 16.9 Å². The number of H-pyrrole nitrogens is 1. The number of nitrogens with one attached hydrogen (secondary N) is 1. The summed E-state index contributed by atoms with van der Waals surface area (Å²) >= 11 is 0. The van der Waals surface area contributed by atoms with Crippen LogP contribution in [0.2, 0.25) is 0 Å². The van der Waals surface area contributed by atoms with Crippen LogP contribution < -0.4 is 4.74 Å². The number of likely N-dealkylation sites (tertiary alicyclic amines) is 1. The number of hydrogen-bond donors (Lipinski definition) is 2. The second kappa shape index (κ2) is 10.4. The molecule has 3 heterocycles. The van der Waals surface area contributed by atoms with E-state index in [9.17, 15) is 9.90 Å². The van der Waals surface area contributed by atoms with Crippen LogP contribution in [0.1, 0.15) is 56.5 Å². The number of benzene rings is 2. The first-order valence-electron chi connectivity index (χ1n) is 13.2. The van der Waals surface area contributed by atoms with E-state index in [1.54, 1.807) is 6.92 Å². The molecule has 0 aliphatic carbocycles. The molecular formula is C29H35F2N3O3. The normalized spacial score (nSPS) is 21.5. The molecule has 2 aliphatic heterocycles. The highest BCUT2D eigenvalue weighted by molar-refractivity contribution is 5.85. The maximum absolute atomic E-state index is 15.8. The number of halogens is 2. The number of fused-ring (bicyclic) bond motifs is 3. The van der Waals surface area contributed by atoms with Crippen LogP contribution in [0.15, 0.2) is 36.4 Å². The van der Waals surface area contributed by atoms with Crippen LogP contribution in [0.5, 0.6) is 5.75 Å². The Morgan fingerprint density at radius 1 is 1.22 bits per heavy atom. The van der Waals surface area contributed by atoms with E-state index < -0.39 is 29.6 Å². The van der Waals surface area contributed by atoms with Gasteiger partial charge in [-0.3, -0.25) is 14.6 Å². The van der Waals surface area contributed by atoms with Crippen molar-refractivity contribution in [2.45, 2.75) is 58.2 Å². The van der Waals surface area contributed by atoms with Crippen molar-refractivity contribution in [3.63, 3.8) is 0 Å². The van der Waals surface area contributed by atoms with Crippen LogP contribution in [-0.2, 0) is 11.2 Å². The minimum Gasteiger partial charge on any atom is -0.488 e. The number of hydrogen-bond acceptors (Lipinski definition) is 4. The highest BCUT2D eigenvalue weighted by atomic mass is 19.1. The molecule has 0 saturated carbocycles. The van der Waals surface area contributed by atoms with Gasteiger partial charge in [0.2, 0.25) is 0 Å². The van der Waals surface area contributed by atoms with Gasteiger partial charge in [-0.05, 0) is 37.9 Å². The molecule has 8 heteroatoms. The number of nitrogens with zero attached hydrogens (tertiary/aromatic N) is 2. The van der Waals surface area contributed by atoms with Gasteiger partial charge in [0.25, 0.3) is 0 Å². The average molecular weight is 512 g/mol. The minimum absolute atomic E-state index is 0.0792. The number of unbranched alkanes of at least 4 members (excludes halogenated alkanes) is 1.